The Balaban J connectivity index is 4.25. The molecule has 3 nitrogen and oxygen atoms in total. The van der Waals surface area contributed by atoms with Crippen molar-refractivity contribution in [3.63, 3.8) is 0 Å². The highest BCUT2D eigenvalue weighted by molar-refractivity contribution is 5.61. The highest BCUT2D eigenvalue weighted by Crippen LogP contribution is 2.13. The number of ether oxygens (including phenoxy) is 2. The first-order valence-electron chi connectivity index (χ1n) is 4.74. The second kappa shape index (κ2) is 5.45. The summed E-state index contributed by atoms with van der Waals surface area (Å²) in [6.45, 7) is 10.8. The maximum Gasteiger partial charge on any atom is 0.509 e. The van der Waals surface area contributed by atoms with E-state index in [1.54, 1.807) is 27.7 Å². The van der Waals surface area contributed by atoms with Crippen LogP contribution in [-0.2, 0) is 9.47 Å². The Hall–Kier alpha value is -1.43. The largest absolute Gasteiger partial charge is 0.509 e. The fraction of sp³-hybridized carbons (Fsp3) is 0.583. The predicted molar refractivity (Wildman–Crippen MR) is 59.4 cm³/mol. The van der Waals surface area contributed by atoms with E-state index < -0.39 is 17.9 Å². The van der Waals surface area contributed by atoms with Crippen molar-refractivity contribution in [1.29, 1.82) is 0 Å². The first kappa shape index (κ1) is 13.6. The van der Waals surface area contributed by atoms with Crippen molar-refractivity contribution in [1.82, 2.24) is 0 Å². The van der Waals surface area contributed by atoms with Crippen LogP contribution in [0.3, 0.4) is 0 Å². The third-order valence-corrected chi connectivity index (χ3v) is 1.48. The molecule has 0 rings (SSSR count). The number of carbonyl (C=O) groups is 1. The summed E-state index contributed by atoms with van der Waals surface area (Å²) in [5.74, 6) is 2.42. The van der Waals surface area contributed by atoms with Gasteiger partial charge in [0.2, 0.25) is 0 Å². The van der Waals surface area contributed by atoms with Gasteiger partial charge in [-0.25, -0.2) is 4.79 Å². The number of hydrogen-bond acceptors (Lipinski definition) is 3. The molecular formula is C12H18O3. The average molecular weight is 210 g/mol. The second-order valence-corrected chi connectivity index (χ2v) is 4.33. The summed E-state index contributed by atoms with van der Waals surface area (Å²) in [6, 6.07) is 0. The lowest BCUT2D eigenvalue weighted by Gasteiger charge is -2.21. The summed E-state index contributed by atoms with van der Waals surface area (Å²) in [7, 11) is 0. The number of rotatable bonds is 3. The molecule has 15 heavy (non-hydrogen) atoms. The molecule has 0 N–H and O–H groups in total. The van der Waals surface area contributed by atoms with Crippen LogP contribution in [-0.4, -0.2) is 17.9 Å². The van der Waals surface area contributed by atoms with E-state index in [0.29, 0.717) is 12.0 Å². The first-order chi connectivity index (χ1) is 6.76. The molecular weight excluding hydrogens is 192 g/mol. The minimum Gasteiger partial charge on any atom is -0.429 e. The quantitative estimate of drug-likeness (QED) is 0.408. The molecule has 84 valence electrons. The summed E-state index contributed by atoms with van der Waals surface area (Å²) in [5.41, 5.74) is 0.145. The van der Waals surface area contributed by atoms with Crippen molar-refractivity contribution in [2.75, 3.05) is 0 Å². The molecule has 0 bridgehead atoms. The summed E-state index contributed by atoms with van der Waals surface area (Å²) >= 11 is 0. The van der Waals surface area contributed by atoms with Crippen molar-refractivity contribution in [2.24, 2.45) is 0 Å². The van der Waals surface area contributed by atoms with Crippen LogP contribution in [0.5, 0.6) is 0 Å². The van der Waals surface area contributed by atoms with Gasteiger partial charge >= 0.3 is 6.16 Å². The predicted octanol–water partition coefficient (Wildman–Crippen LogP) is 2.91. The van der Waals surface area contributed by atoms with E-state index in [0.717, 1.165) is 0 Å². The Morgan fingerprint density at radius 1 is 1.53 bits per heavy atom. The lowest BCUT2D eigenvalue weighted by Crippen LogP contribution is -2.28. The zero-order chi connectivity index (χ0) is 12.1. The maximum absolute atomic E-state index is 11.3. The van der Waals surface area contributed by atoms with E-state index in [9.17, 15) is 4.79 Å². The van der Waals surface area contributed by atoms with Crippen molar-refractivity contribution in [3.8, 4) is 12.3 Å². The molecule has 0 heterocycles. The van der Waals surface area contributed by atoms with Crippen LogP contribution >= 0.6 is 0 Å². The minimum atomic E-state index is -0.717. The fourth-order valence-electron chi connectivity index (χ4n) is 0.814. The first-order valence-corrected chi connectivity index (χ1v) is 4.74. The second-order valence-electron chi connectivity index (χ2n) is 4.33. The van der Waals surface area contributed by atoms with Gasteiger partial charge in [0.15, 0.2) is 0 Å². The van der Waals surface area contributed by atoms with Crippen LogP contribution in [0.2, 0.25) is 0 Å². The number of terminal acetylenes is 1. The topological polar surface area (TPSA) is 35.5 Å². The Morgan fingerprint density at radius 2 is 2.07 bits per heavy atom. The standard InChI is InChI=1S/C12H18O3/c1-7-8-10(9(2)3)14-11(13)15-12(4,5)6/h1,10H,2,8H2,3-6H3/t10-/m1/s1. The van der Waals surface area contributed by atoms with E-state index in [2.05, 4.69) is 12.5 Å². The molecule has 0 saturated heterocycles. The molecule has 0 aromatic carbocycles. The van der Waals surface area contributed by atoms with Gasteiger partial charge in [0.1, 0.15) is 11.7 Å². The molecule has 0 fully saturated rings. The zero-order valence-corrected chi connectivity index (χ0v) is 9.79. The number of hydrogen-bond donors (Lipinski definition) is 0. The highest BCUT2D eigenvalue weighted by Gasteiger charge is 2.21. The Kier molecular flexibility index (Phi) is 4.93. The molecule has 0 aromatic rings. The van der Waals surface area contributed by atoms with Crippen LogP contribution in [0.15, 0.2) is 12.2 Å². The van der Waals surface area contributed by atoms with Crippen LogP contribution in [0.1, 0.15) is 34.1 Å². The normalized spacial score (nSPS) is 12.5. The van der Waals surface area contributed by atoms with Crippen molar-refractivity contribution in [2.45, 2.75) is 45.8 Å². The van der Waals surface area contributed by atoms with Crippen LogP contribution < -0.4 is 0 Å². The molecule has 0 aliphatic heterocycles. The van der Waals surface area contributed by atoms with E-state index >= 15 is 0 Å². The third-order valence-electron chi connectivity index (χ3n) is 1.48. The van der Waals surface area contributed by atoms with Crippen molar-refractivity contribution >= 4 is 6.16 Å². The summed E-state index contributed by atoms with van der Waals surface area (Å²) in [5, 5.41) is 0. The molecule has 0 radical (unpaired) electrons. The highest BCUT2D eigenvalue weighted by atomic mass is 16.7. The molecule has 0 amide bonds. The maximum atomic E-state index is 11.3. The van der Waals surface area contributed by atoms with Gasteiger partial charge in [-0.3, -0.25) is 0 Å². The van der Waals surface area contributed by atoms with E-state index in [4.69, 9.17) is 15.9 Å². The van der Waals surface area contributed by atoms with Gasteiger partial charge in [-0.05, 0) is 33.3 Å². The van der Waals surface area contributed by atoms with Gasteiger partial charge in [0.05, 0.1) is 0 Å². The molecule has 3 heteroatoms. The van der Waals surface area contributed by atoms with E-state index in [1.165, 1.54) is 0 Å². The van der Waals surface area contributed by atoms with Crippen LogP contribution in [0.25, 0.3) is 0 Å². The molecule has 1 atom stereocenters. The lowest BCUT2D eigenvalue weighted by atomic mass is 10.1. The van der Waals surface area contributed by atoms with Crippen molar-refractivity contribution < 1.29 is 14.3 Å². The van der Waals surface area contributed by atoms with Gasteiger partial charge in [-0.2, -0.15) is 0 Å². The Bertz CT molecular complexity index is 278. The smallest absolute Gasteiger partial charge is 0.429 e. The van der Waals surface area contributed by atoms with Gasteiger partial charge < -0.3 is 9.47 Å². The molecule has 0 unspecified atom stereocenters. The Morgan fingerprint density at radius 3 is 2.40 bits per heavy atom. The van der Waals surface area contributed by atoms with E-state index in [-0.39, 0.29) is 0 Å². The van der Waals surface area contributed by atoms with Crippen LogP contribution in [0, 0.1) is 12.3 Å². The number of carbonyl (C=O) groups excluding carboxylic acids is 1. The summed E-state index contributed by atoms with van der Waals surface area (Å²) in [4.78, 5) is 11.3. The van der Waals surface area contributed by atoms with E-state index in [1.807, 2.05) is 0 Å². The van der Waals surface area contributed by atoms with Gasteiger partial charge in [-0.15, -0.1) is 12.3 Å². The summed E-state index contributed by atoms with van der Waals surface area (Å²) < 4.78 is 10.0. The molecule has 0 aromatic heterocycles. The third kappa shape index (κ3) is 6.62. The zero-order valence-electron chi connectivity index (χ0n) is 9.79. The monoisotopic (exact) mass is 210 g/mol. The lowest BCUT2D eigenvalue weighted by molar-refractivity contribution is -0.0192. The van der Waals surface area contributed by atoms with Gasteiger partial charge in [0.25, 0.3) is 0 Å². The van der Waals surface area contributed by atoms with Gasteiger partial charge in [0, 0.05) is 6.42 Å². The summed E-state index contributed by atoms with van der Waals surface area (Å²) in [6.07, 6.45) is 4.28. The fourth-order valence-corrected chi connectivity index (χ4v) is 0.814. The van der Waals surface area contributed by atoms with Crippen molar-refractivity contribution in [3.05, 3.63) is 12.2 Å². The average Bonchev–Trinajstić information content (AvgIpc) is 1.99. The minimum absolute atomic E-state index is 0.314. The molecule has 0 aliphatic carbocycles. The van der Waals surface area contributed by atoms with Crippen LogP contribution in [0.4, 0.5) is 4.79 Å². The molecule has 0 aliphatic rings. The molecule has 0 saturated carbocycles. The molecule has 0 spiro atoms. The Labute approximate surface area is 91.5 Å². The SMILES string of the molecule is C#CC[C@@H](OC(=O)OC(C)(C)C)C(=C)C. The van der Waals surface area contributed by atoms with Gasteiger partial charge in [-0.1, -0.05) is 6.58 Å².